The summed E-state index contributed by atoms with van der Waals surface area (Å²) in [6.07, 6.45) is 1.91. The number of hydrogen-bond acceptors (Lipinski definition) is 2. The van der Waals surface area contributed by atoms with Crippen LogP contribution in [0, 0.1) is 0 Å². The van der Waals surface area contributed by atoms with Crippen molar-refractivity contribution in [3.8, 4) is 0 Å². The first-order valence-electron chi connectivity index (χ1n) is 5.83. The molecule has 1 fully saturated rings. The van der Waals surface area contributed by atoms with E-state index in [4.69, 9.17) is 0 Å². The second-order valence-corrected chi connectivity index (χ2v) is 5.26. The molecule has 0 atom stereocenters. The minimum absolute atomic E-state index is 0.0470. The maximum atomic E-state index is 11.9. The standard InChI is InChI=1S/C12H23N3O/c1-5-6-14-7-9-15(10-8-14)11(16)13-12(2,3)4/h5H,1,6-10H2,2-4H3,(H,13,16). The van der Waals surface area contributed by atoms with Gasteiger partial charge in [0.2, 0.25) is 0 Å². The number of carbonyl (C=O) groups excluding carboxylic acids is 1. The molecule has 0 radical (unpaired) electrons. The van der Waals surface area contributed by atoms with Gasteiger partial charge in [0.25, 0.3) is 0 Å². The van der Waals surface area contributed by atoms with Gasteiger partial charge in [-0.15, -0.1) is 6.58 Å². The summed E-state index contributed by atoms with van der Waals surface area (Å²) in [5.74, 6) is 0. The molecule has 4 heteroatoms. The lowest BCUT2D eigenvalue weighted by Crippen LogP contribution is -2.55. The second-order valence-electron chi connectivity index (χ2n) is 5.26. The van der Waals surface area contributed by atoms with Crippen LogP contribution in [0.4, 0.5) is 4.79 Å². The van der Waals surface area contributed by atoms with Crippen molar-refractivity contribution in [1.82, 2.24) is 15.1 Å². The van der Waals surface area contributed by atoms with Gasteiger partial charge in [0, 0.05) is 38.3 Å². The molecule has 1 aliphatic heterocycles. The molecule has 0 bridgehead atoms. The number of piperazine rings is 1. The molecule has 92 valence electrons. The Morgan fingerprint density at radius 3 is 2.31 bits per heavy atom. The fourth-order valence-electron chi connectivity index (χ4n) is 1.72. The van der Waals surface area contributed by atoms with Crippen molar-refractivity contribution in [2.24, 2.45) is 0 Å². The van der Waals surface area contributed by atoms with Gasteiger partial charge >= 0.3 is 6.03 Å². The van der Waals surface area contributed by atoms with Crippen LogP contribution in [-0.2, 0) is 0 Å². The molecule has 4 nitrogen and oxygen atoms in total. The van der Waals surface area contributed by atoms with E-state index in [1.807, 2.05) is 31.7 Å². The van der Waals surface area contributed by atoms with Crippen LogP contribution in [0.1, 0.15) is 20.8 Å². The third-order valence-corrected chi connectivity index (χ3v) is 2.53. The second kappa shape index (κ2) is 5.34. The van der Waals surface area contributed by atoms with Crippen LogP contribution in [0.25, 0.3) is 0 Å². The summed E-state index contributed by atoms with van der Waals surface area (Å²) in [4.78, 5) is 16.0. The molecule has 0 spiro atoms. The predicted octanol–water partition coefficient (Wildman–Crippen LogP) is 1.30. The van der Waals surface area contributed by atoms with Crippen molar-refractivity contribution < 1.29 is 4.79 Å². The number of nitrogens with one attached hydrogen (secondary N) is 1. The molecule has 0 aromatic heterocycles. The summed E-state index contributed by atoms with van der Waals surface area (Å²) in [6.45, 7) is 14.1. The van der Waals surface area contributed by atoms with Crippen LogP contribution in [-0.4, -0.2) is 54.1 Å². The molecule has 1 aliphatic rings. The quantitative estimate of drug-likeness (QED) is 0.719. The number of hydrogen-bond donors (Lipinski definition) is 1. The number of carbonyl (C=O) groups is 1. The summed E-state index contributed by atoms with van der Waals surface area (Å²) in [5, 5.41) is 2.98. The van der Waals surface area contributed by atoms with E-state index in [2.05, 4.69) is 16.8 Å². The van der Waals surface area contributed by atoms with Crippen molar-refractivity contribution >= 4 is 6.03 Å². The SMILES string of the molecule is C=CCN1CCN(C(=O)NC(C)(C)C)CC1. The summed E-state index contributed by atoms with van der Waals surface area (Å²) in [6, 6.07) is 0.0470. The van der Waals surface area contributed by atoms with Crippen LogP contribution in [0.2, 0.25) is 0 Å². The average Bonchev–Trinajstić information content (AvgIpc) is 2.16. The third-order valence-electron chi connectivity index (χ3n) is 2.53. The molecule has 0 unspecified atom stereocenters. The Morgan fingerprint density at radius 2 is 1.88 bits per heavy atom. The van der Waals surface area contributed by atoms with E-state index in [0.29, 0.717) is 0 Å². The van der Waals surface area contributed by atoms with Crippen molar-refractivity contribution in [2.45, 2.75) is 26.3 Å². The average molecular weight is 225 g/mol. The molecule has 1 heterocycles. The van der Waals surface area contributed by atoms with E-state index >= 15 is 0 Å². The lowest BCUT2D eigenvalue weighted by atomic mass is 10.1. The molecule has 1 N–H and O–H groups in total. The molecule has 16 heavy (non-hydrogen) atoms. The molecule has 0 aliphatic carbocycles. The van der Waals surface area contributed by atoms with Gasteiger partial charge in [0.05, 0.1) is 0 Å². The summed E-state index contributed by atoms with van der Waals surface area (Å²) in [5.41, 5.74) is -0.157. The fourth-order valence-corrected chi connectivity index (χ4v) is 1.72. The number of nitrogens with zero attached hydrogens (tertiary/aromatic N) is 2. The first-order chi connectivity index (χ1) is 7.42. The predicted molar refractivity (Wildman–Crippen MR) is 66.5 cm³/mol. The molecular weight excluding hydrogens is 202 g/mol. The summed E-state index contributed by atoms with van der Waals surface area (Å²) < 4.78 is 0. The molecular formula is C12H23N3O. The number of amides is 2. The Hall–Kier alpha value is -1.03. The zero-order valence-electron chi connectivity index (χ0n) is 10.6. The summed E-state index contributed by atoms with van der Waals surface area (Å²) in [7, 11) is 0. The van der Waals surface area contributed by atoms with Crippen molar-refractivity contribution in [3.05, 3.63) is 12.7 Å². The van der Waals surface area contributed by atoms with Gasteiger partial charge in [0.15, 0.2) is 0 Å². The lowest BCUT2D eigenvalue weighted by Gasteiger charge is -2.35. The van der Waals surface area contributed by atoms with Crippen molar-refractivity contribution in [1.29, 1.82) is 0 Å². The molecule has 0 saturated carbocycles. The molecule has 1 saturated heterocycles. The first kappa shape index (κ1) is 13.0. The van der Waals surface area contributed by atoms with E-state index in [1.165, 1.54) is 0 Å². The van der Waals surface area contributed by atoms with Gasteiger partial charge in [0.1, 0.15) is 0 Å². The minimum atomic E-state index is -0.157. The highest BCUT2D eigenvalue weighted by atomic mass is 16.2. The Morgan fingerprint density at radius 1 is 1.31 bits per heavy atom. The van der Waals surface area contributed by atoms with Gasteiger partial charge in [-0.1, -0.05) is 6.08 Å². The van der Waals surface area contributed by atoms with Gasteiger partial charge in [-0.3, -0.25) is 4.90 Å². The van der Waals surface area contributed by atoms with E-state index in [-0.39, 0.29) is 11.6 Å². The Labute approximate surface area is 98.3 Å². The Balaban J connectivity index is 2.36. The normalized spacial score (nSPS) is 18.3. The molecule has 1 rings (SSSR count). The fraction of sp³-hybridized carbons (Fsp3) is 0.750. The molecule has 0 aromatic rings. The highest BCUT2D eigenvalue weighted by Gasteiger charge is 2.23. The van der Waals surface area contributed by atoms with Crippen LogP contribution in [0.15, 0.2) is 12.7 Å². The van der Waals surface area contributed by atoms with Gasteiger partial charge in [-0.05, 0) is 20.8 Å². The zero-order valence-corrected chi connectivity index (χ0v) is 10.6. The maximum Gasteiger partial charge on any atom is 0.317 e. The zero-order chi connectivity index (χ0) is 12.2. The molecule has 2 amide bonds. The highest BCUT2D eigenvalue weighted by Crippen LogP contribution is 2.05. The van der Waals surface area contributed by atoms with E-state index in [0.717, 1.165) is 32.7 Å². The smallest absolute Gasteiger partial charge is 0.317 e. The van der Waals surface area contributed by atoms with E-state index in [9.17, 15) is 4.79 Å². The van der Waals surface area contributed by atoms with E-state index in [1.54, 1.807) is 0 Å². The van der Waals surface area contributed by atoms with Crippen LogP contribution < -0.4 is 5.32 Å². The van der Waals surface area contributed by atoms with Gasteiger partial charge in [-0.2, -0.15) is 0 Å². The topological polar surface area (TPSA) is 35.6 Å². The van der Waals surface area contributed by atoms with Crippen molar-refractivity contribution in [2.75, 3.05) is 32.7 Å². The van der Waals surface area contributed by atoms with Crippen LogP contribution >= 0.6 is 0 Å². The Kier molecular flexibility index (Phi) is 4.35. The van der Waals surface area contributed by atoms with Crippen LogP contribution in [0.5, 0.6) is 0 Å². The lowest BCUT2D eigenvalue weighted by molar-refractivity contribution is 0.141. The van der Waals surface area contributed by atoms with Crippen molar-refractivity contribution in [3.63, 3.8) is 0 Å². The highest BCUT2D eigenvalue weighted by molar-refractivity contribution is 5.75. The Bertz CT molecular complexity index is 249. The largest absolute Gasteiger partial charge is 0.333 e. The maximum absolute atomic E-state index is 11.9. The molecule has 0 aromatic carbocycles. The van der Waals surface area contributed by atoms with Crippen LogP contribution in [0.3, 0.4) is 0 Å². The monoisotopic (exact) mass is 225 g/mol. The minimum Gasteiger partial charge on any atom is -0.333 e. The first-order valence-corrected chi connectivity index (χ1v) is 5.83. The number of urea groups is 1. The van der Waals surface area contributed by atoms with Gasteiger partial charge < -0.3 is 10.2 Å². The van der Waals surface area contributed by atoms with Gasteiger partial charge in [-0.25, -0.2) is 4.79 Å². The third kappa shape index (κ3) is 4.23. The summed E-state index contributed by atoms with van der Waals surface area (Å²) >= 11 is 0. The van der Waals surface area contributed by atoms with E-state index < -0.39 is 0 Å². The number of rotatable bonds is 2.